The largest absolute Gasteiger partial charge is 0.325 e. The molecule has 0 bridgehead atoms. The molecule has 0 fully saturated rings. The Kier molecular flexibility index (Phi) is 4.33. The molecular weight excluding hydrogens is 320 g/mol. The Labute approximate surface area is 117 Å². The molecule has 7 heteroatoms. The summed E-state index contributed by atoms with van der Waals surface area (Å²) in [5, 5.41) is 10.8. The van der Waals surface area contributed by atoms with Gasteiger partial charge in [-0.2, -0.15) is 0 Å². The van der Waals surface area contributed by atoms with E-state index < -0.39 is 0 Å². The number of rotatable bonds is 4. The molecule has 0 aliphatic carbocycles. The lowest BCUT2D eigenvalue weighted by Crippen LogP contribution is -2.15. The number of hydrogen-bond acceptors (Lipinski definition) is 3. The van der Waals surface area contributed by atoms with E-state index in [1.165, 1.54) is 0 Å². The molecule has 5 nitrogen and oxygen atoms in total. The van der Waals surface area contributed by atoms with Crippen molar-refractivity contribution in [2.24, 2.45) is 0 Å². The Morgan fingerprint density at radius 1 is 1.50 bits per heavy atom. The minimum atomic E-state index is -0.103. The van der Waals surface area contributed by atoms with E-state index >= 15 is 0 Å². The second-order valence-corrected chi connectivity index (χ2v) is 4.88. The van der Waals surface area contributed by atoms with E-state index in [0.29, 0.717) is 23.7 Å². The first kappa shape index (κ1) is 13.0. The van der Waals surface area contributed by atoms with E-state index in [9.17, 15) is 4.79 Å². The van der Waals surface area contributed by atoms with Gasteiger partial charge in [0.25, 0.3) is 0 Å². The van der Waals surface area contributed by atoms with E-state index in [2.05, 4.69) is 31.6 Å². The number of nitrogens with one attached hydrogen (secondary N) is 1. The Morgan fingerprint density at radius 3 is 3.06 bits per heavy atom. The van der Waals surface area contributed by atoms with Crippen LogP contribution >= 0.6 is 27.5 Å². The molecule has 0 unspecified atom stereocenters. The summed E-state index contributed by atoms with van der Waals surface area (Å²) in [6.07, 6.45) is 3.61. The lowest BCUT2D eigenvalue weighted by Gasteiger charge is -2.07. The van der Waals surface area contributed by atoms with Crippen LogP contribution in [-0.4, -0.2) is 20.9 Å². The maximum atomic E-state index is 11.7. The number of anilines is 1. The van der Waals surface area contributed by atoms with Crippen molar-refractivity contribution in [1.29, 1.82) is 0 Å². The first-order valence-corrected chi connectivity index (χ1v) is 6.41. The zero-order valence-corrected chi connectivity index (χ0v) is 11.6. The van der Waals surface area contributed by atoms with E-state index in [0.717, 1.165) is 4.47 Å². The van der Waals surface area contributed by atoms with Crippen LogP contribution in [-0.2, 0) is 11.3 Å². The van der Waals surface area contributed by atoms with Crippen LogP contribution in [0.4, 0.5) is 5.69 Å². The lowest BCUT2D eigenvalue weighted by atomic mass is 10.3. The Hall–Kier alpha value is -1.40. The molecule has 1 amide bonds. The second kappa shape index (κ2) is 5.97. The van der Waals surface area contributed by atoms with Gasteiger partial charge in [-0.15, -0.1) is 5.10 Å². The van der Waals surface area contributed by atoms with Gasteiger partial charge >= 0.3 is 0 Å². The lowest BCUT2D eigenvalue weighted by molar-refractivity contribution is -0.116. The fourth-order valence-corrected chi connectivity index (χ4v) is 1.89. The summed E-state index contributed by atoms with van der Waals surface area (Å²) in [5.74, 6) is -0.103. The fraction of sp³-hybridized carbons (Fsp3) is 0.182. The zero-order valence-electron chi connectivity index (χ0n) is 9.31. The number of carbonyl (C=O) groups excluding carboxylic acids is 1. The van der Waals surface area contributed by atoms with Crippen molar-refractivity contribution < 1.29 is 4.79 Å². The molecule has 0 spiro atoms. The monoisotopic (exact) mass is 328 g/mol. The van der Waals surface area contributed by atoms with Gasteiger partial charge in [-0.05, 0) is 34.1 Å². The van der Waals surface area contributed by atoms with E-state index in [-0.39, 0.29) is 5.91 Å². The fourth-order valence-electron chi connectivity index (χ4n) is 1.37. The molecule has 1 aromatic carbocycles. The van der Waals surface area contributed by atoms with Gasteiger partial charge in [0.15, 0.2) is 0 Å². The van der Waals surface area contributed by atoms with Gasteiger partial charge in [0.1, 0.15) is 0 Å². The molecule has 0 atom stereocenters. The van der Waals surface area contributed by atoms with Crippen molar-refractivity contribution in [1.82, 2.24) is 15.0 Å². The van der Waals surface area contributed by atoms with Crippen LogP contribution < -0.4 is 5.32 Å². The number of aromatic nitrogens is 3. The number of carbonyl (C=O) groups is 1. The molecule has 2 aromatic rings. The summed E-state index contributed by atoms with van der Waals surface area (Å²) < 4.78 is 2.40. The van der Waals surface area contributed by atoms with Gasteiger partial charge in [-0.3, -0.25) is 9.48 Å². The minimum Gasteiger partial charge on any atom is -0.325 e. The summed E-state index contributed by atoms with van der Waals surface area (Å²) >= 11 is 9.21. The van der Waals surface area contributed by atoms with Crippen LogP contribution in [0.2, 0.25) is 5.02 Å². The van der Waals surface area contributed by atoms with Gasteiger partial charge in [0.05, 0.1) is 18.4 Å². The third kappa shape index (κ3) is 3.54. The van der Waals surface area contributed by atoms with Crippen LogP contribution in [0, 0.1) is 0 Å². The van der Waals surface area contributed by atoms with Gasteiger partial charge in [-0.25, -0.2) is 0 Å². The highest BCUT2D eigenvalue weighted by Gasteiger charge is 2.06. The van der Waals surface area contributed by atoms with Gasteiger partial charge in [0, 0.05) is 22.1 Å². The molecular formula is C11H10BrClN4O. The molecule has 1 heterocycles. The quantitative estimate of drug-likeness (QED) is 0.938. The predicted molar refractivity (Wildman–Crippen MR) is 72.4 cm³/mol. The SMILES string of the molecule is O=C(CCn1ccnn1)Nc1cc(Cl)ccc1Br. The summed E-state index contributed by atoms with van der Waals surface area (Å²) in [6, 6.07) is 5.23. The third-order valence-electron chi connectivity index (χ3n) is 2.24. The number of hydrogen-bond donors (Lipinski definition) is 1. The van der Waals surface area contributed by atoms with E-state index in [1.54, 1.807) is 35.3 Å². The molecule has 0 saturated carbocycles. The number of aryl methyl sites for hydroxylation is 1. The first-order valence-electron chi connectivity index (χ1n) is 5.24. The highest BCUT2D eigenvalue weighted by molar-refractivity contribution is 9.10. The molecule has 94 valence electrons. The predicted octanol–water partition coefficient (Wildman–Crippen LogP) is 2.72. The molecule has 1 aromatic heterocycles. The standard InChI is InChI=1S/C11H10BrClN4O/c12-9-2-1-8(13)7-10(9)15-11(18)3-5-17-6-4-14-16-17/h1-2,4,6-7H,3,5H2,(H,15,18). The molecule has 0 saturated heterocycles. The average Bonchev–Trinajstić information content (AvgIpc) is 2.84. The molecule has 0 aliphatic rings. The number of benzene rings is 1. The molecule has 0 aliphatic heterocycles. The summed E-state index contributed by atoms with van der Waals surface area (Å²) in [5.41, 5.74) is 0.658. The van der Waals surface area contributed by atoms with Crippen molar-refractivity contribution in [3.05, 3.63) is 40.1 Å². The van der Waals surface area contributed by atoms with Crippen molar-refractivity contribution >= 4 is 39.1 Å². The molecule has 1 N–H and O–H groups in total. The van der Waals surface area contributed by atoms with Crippen LogP contribution in [0.5, 0.6) is 0 Å². The van der Waals surface area contributed by atoms with Gasteiger partial charge in [-0.1, -0.05) is 16.8 Å². The summed E-state index contributed by atoms with van der Waals surface area (Å²) in [7, 11) is 0. The first-order chi connectivity index (χ1) is 8.65. The molecule has 2 rings (SSSR count). The average molecular weight is 330 g/mol. The van der Waals surface area contributed by atoms with Crippen molar-refractivity contribution in [2.75, 3.05) is 5.32 Å². The highest BCUT2D eigenvalue weighted by Crippen LogP contribution is 2.25. The Balaban J connectivity index is 1.92. The molecule has 18 heavy (non-hydrogen) atoms. The van der Waals surface area contributed by atoms with E-state index in [4.69, 9.17) is 11.6 Å². The number of halogens is 2. The topological polar surface area (TPSA) is 59.8 Å². The highest BCUT2D eigenvalue weighted by atomic mass is 79.9. The van der Waals surface area contributed by atoms with Crippen molar-refractivity contribution in [3.8, 4) is 0 Å². The van der Waals surface area contributed by atoms with Crippen LogP contribution in [0.1, 0.15) is 6.42 Å². The van der Waals surface area contributed by atoms with E-state index in [1.807, 2.05) is 0 Å². The van der Waals surface area contributed by atoms with Crippen LogP contribution in [0.3, 0.4) is 0 Å². The third-order valence-corrected chi connectivity index (χ3v) is 3.17. The zero-order chi connectivity index (χ0) is 13.0. The van der Waals surface area contributed by atoms with Crippen molar-refractivity contribution in [2.45, 2.75) is 13.0 Å². The van der Waals surface area contributed by atoms with Gasteiger partial charge < -0.3 is 5.32 Å². The number of amides is 1. The van der Waals surface area contributed by atoms with Crippen LogP contribution in [0.25, 0.3) is 0 Å². The number of nitrogens with zero attached hydrogens (tertiary/aromatic N) is 3. The smallest absolute Gasteiger partial charge is 0.226 e. The minimum absolute atomic E-state index is 0.103. The van der Waals surface area contributed by atoms with Gasteiger partial charge in [0.2, 0.25) is 5.91 Å². The maximum Gasteiger partial charge on any atom is 0.226 e. The summed E-state index contributed by atoms with van der Waals surface area (Å²) in [4.78, 5) is 11.7. The second-order valence-electron chi connectivity index (χ2n) is 3.59. The Morgan fingerprint density at radius 2 is 2.33 bits per heavy atom. The Bertz CT molecular complexity index is 544. The normalized spacial score (nSPS) is 10.3. The summed E-state index contributed by atoms with van der Waals surface area (Å²) in [6.45, 7) is 0.490. The maximum absolute atomic E-state index is 11.7. The van der Waals surface area contributed by atoms with Crippen molar-refractivity contribution in [3.63, 3.8) is 0 Å². The molecule has 0 radical (unpaired) electrons. The van der Waals surface area contributed by atoms with Crippen LogP contribution in [0.15, 0.2) is 35.1 Å².